The number of rotatable bonds is 6. The van der Waals surface area contributed by atoms with Crippen LogP contribution in [0.1, 0.15) is 10.4 Å². The maximum atomic E-state index is 12.5. The Morgan fingerprint density at radius 3 is 2.84 bits per heavy atom. The molecule has 2 aromatic rings. The minimum atomic E-state index is -0.586. The van der Waals surface area contributed by atoms with Gasteiger partial charge >= 0.3 is 5.97 Å². The molecule has 1 aromatic carbocycles. The van der Waals surface area contributed by atoms with Crippen molar-refractivity contribution in [3.63, 3.8) is 0 Å². The molecule has 1 aliphatic rings. The third kappa shape index (κ3) is 4.13. The summed E-state index contributed by atoms with van der Waals surface area (Å²) in [6.07, 6.45) is 3.40. The summed E-state index contributed by atoms with van der Waals surface area (Å²) in [5, 5.41) is 15.1. The number of hydrogen-bond donors (Lipinski definition) is 0. The van der Waals surface area contributed by atoms with Gasteiger partial charge in [0, 0.05) is 37.6 Å². The molecule has 2 heterocycles. The Bertz CT molecular complexity index is 741. The smallest absolute Gasteiger partial charge is 0.340 e. The second-order valence-corrected chi connectivity index (χ2v) is 5.46. The molecular formula is C16H18N4O5. The molecule has 9 nitrogen and oxygen atoms in total. The van der Waals surface area contributed by atoms with Gasteiger partial charge in [0.2, 0.25) is 0 Å². The number of anilines is 1. The first kappa shape index (κ1) is 16.9. The molecule has 1 saturated heterocycles. The van der Waals surface area contributed by atoms with Crippen molar-refractivity contribution in [2.75, 3.05) is 37.8 Å². The third-order valence-corrected chi connectivity index (χ3v) is 3.88. The molecule has 1 aliphatic heterocycles. The average Bonchev–Trinajstić information content (AvgIpc) is 3.15. The first-order valence-electron chi connectivity index (χ1n) is 7.91. The molecule has 9 heteroatoms. The van der Waals surface area contributed by atoms with Gasteiger partial charge < -0.3 is 14.4 Å². The van der Waals surface area contributed by atoms with Crippen LogP contribution in [0.15, 0.2) is 36.7 Å². The van der Waals surface area contributed by atoms with E-state index in [2.05, 4.69) is 5.10 Å². The number of carbonyl (C=O) groups excluding carboxylic acids is 1. The van der Waals surface area contributed by atoms with Crippen LogP contribution < -0.4 is 4.90 Å². The van der Waals surface area contributed by atoms with E-state index in [1.165, 1.54) is 12.1 Å². The van der Waals surface area contributed by atoms with Gasteiger partial charge in [0.05, 0.1) is 35.9 Å². The van der Waals surface area contributed by atoms with Gasteiger partial charge in [-0.3, -0.25) is 14.8 Å². The third-order valence-electron chi connectivity index (χ3n) is 3.88. The zero-order valence-electron chi connectivity index (χ0n) is 13.5. The number of esters is 1. The van der Waals surface area contributed by atoms with Crippen molar-refractivity contribution in [3.05, 3.63) is 52.3 Å². The Morgan fingerprint density at radius 2 is 2.16 bits per heavy atom. The molecule has 0 bridgehead atoms. The molecule has 0 amide bonds. The highest BCUT2D eigenvalue weighted by atomic mass is 16.6. The van der Waals surface area contributed by atoms with Crippen molar-refractivity contribution in [1.82, 2.24) is 9.78 Å². The molecule has 0 radical (unpaired) electrons. The van der Waals surface area contributed by atoms with Gasteiger partial charge in [-0.15, -0.1) is 0 Å². The van der Waals surface area contributed by atoms with Crippen molar-refractivity contribution >= 4 is 17.3 Å². The molecular weight excluding hydrogens is 328 g/mol. The quantitative estimate of drug-likeness (QED) is 0.444. The molecule has 1 aromatic heterocycles. The first-order chi connectivity index (χ1) is 12.1. The standard InChI is InChI=1S/C16H18N4O5/c21-16(25-11-8-19-5-1-4-17-19)14-12-13(20(22)23)2-3-15(14)18-6-9-24-10-7-18/h1-5,12H,6-11H2. The van der Waals surface area contributed by atoms with Crippen LogP contribution in [0.5, 0.6) is 0 Å². The maximum Gasteiger partial charge on any atom is 0.340 e. The molecule has 0 atom stereocenters. The number of carbonyl (C=O) groups is 1. The lowest BCUT2D eigenvalue weighted by atomic mass is 10.1. The summed E-state index contributed by atoms with van der Waals surface area (Å²) in [5.41, 5.74) is 0.672. The van der Waals surface area contributed by atoms with Gasteiger partial charge in [-0.25, -0.2) is 4.79 Å². The van der Waals surface area contributed by atoms with E-state index in [0.717, 1.165) is 0 Å². The minimum Gasteiger partial charge on any atom is -0.460 e. The fourth-order valence-electron chi connectivity index (χ4n) is 2.62. The zero-order valence-corrected chi connectivity index (χ0v) is 13.5. The molecule has 0 aliphatic carbocycles. The summed E-state index contributed by atoms with van der Waals surface area (Å²) < 4.78 is 12.2. The van der Waals surface area contributed by atoms with Crippen LogP contribution in [0.25, 0.3) is 0 Å². The van der Waals surface area contributed by atoms with Crippen molar-refractivity contribution < 1.29 is 19.2 Å². The predicted octanol–water partition coefficient (Wildman–Crippen LogP) is 1.48. The lowest BCUT2D eigenvalue weighted by Crippen LogP contribution is -2.37. The number of morpholine rings is 1. The fourth-order valence-corrected chi connectivity index (χ4v) is 2.62. The second-order valence-electron chi connectivity index (χ2n) is 5.46. The first-order valence-corrected chi connectivity index (χ1v) is 7.91. The Hall–Kier alpha value is -2.94. The number of hydrogen-bond acceptors (Lipinski definition) is 7. The summed E-state index contributed by atoms with van der Waals surface area (Å²) in [4.78, 5) is 25.0. The molecule has 3 rings (SSSR count). The summed E-state index contributed by atoms with van der Waals surface area (Å²) in [5.74, 6) is -0.586. The zero-order chi connectivity index (χ0) is 17.6. The van der Waals surface area contributed by atoms with Gasteiger partial charge in [0.25, 0.3) is 5.69 Å². The van der Waals surface area contributed by atoms with Gasteiger partial charge in [-0.2, -0.15) is 5.10 Å². The monoisotopic (exact) mass is 346 g/mol. The molecule has 0 N–H and O–H groups in total. The van der Waals surface area contributed by atoms with Crippen LogP contribution in [0.4, 0.5) is 11.4 Å². The summed E-state index contributed by atoms with van der Waals surface area (Å²) >= 11 is 0. The lowest BCUT2D eigenvalue weighted by Gasteiger charge is -2.30. The summed E-state index contributed by atoms with van der Waals surface area (Å²) in [6.45, 7) is 2.87. The number of non-ortho nitro benzene ring substituents is 1. The van der Waals surface area contributed by atoms with Gasteiger partial charge in [-0.1, -0.05) is 0 Å². The highest BCUT2D eigenvalue weighted by Crippen LogP contribution is 2.27. The van der Waals surface area contributed by atoms with Crippen LogP contribution in [0, 0.1) is 10.1 Å². The fraction of sp³-hybridized carbons (Fsp3) is 0.375. The molecule has 0 spiro atoms. The van der Waals surface area contributed by atoms with E-state index in [1.54, 1.807) is 29.2 Å². The Balaban J connectivity index is 1.76. The highest BCUT2D eigenvalue weighted by Gasteiger charge is 2.23. The highest BCUT2D eigenvalue weighted by molar-refractivity contribution is 5.96. The lowest BCUT2D eigenvalue weighted by molar-refractivity contribution is -0.384. The number of nitro benzene ring substituents is 1. The van der Waals surface area contributed by atoms with E-state index < -0.39 is 10.9 Å². The average molecular weight is 346 g/mol. The van der Waals surface area contributed by atoms with Crippen LogP contribution in [0.3, 0.4) is 0 Å². The van der Waals surface area contributed by atoms with E-state index in [1.807, 2.05) is 4.90 Å². The molecule has 25 heavy (non-hydrogen) atoms. The Labute approximate surface area is 143 Å². The summed E-state index contributed by atoms with van der Waals surface area (Å²) in [7, 11) is 0. The molecule has 0 saturated carbocycles. The topological polar surface area (TPSA) is 99.7 Å². The normalized spacial score (nSPS) is 14.3. The largest absolute Gasteiger partial charge is 0.460 e. The molecule has 132 valence electrons. The molecule has 0 unspecified atom stereocenters. The minimum absolute atomic E-state index is 0.131. The van der Waals surface area contributed by atoms with E-state index in [9.17, 15) is 14.9 Å². The predicted molar refractivity (Wildman–Crippen MR) is 88.6 cm³/mol. The van der Waals surface area contributed by atoms with Crippen molar-refractivity contribution in [2.24, 2.45) is 0 Å². The second kappa shape index (κ2) is 7.75. The number of nitro groups is 1. The summed E-state index contributed by atoms with van der Waals surface area (Å²) in [6, 6.07) is 6.03. The van der Waals surface area contributed by atoms with E-state index in [-0.39, 0.29) is 17.9 Å². The van der Waals surface area contributed by atoms with Crippen LogP contribution in [0.2, 0.25) is 0 Å². The van der Waals surface area contributed by atoms with Crippen LogP contribution >= 0.6 is 0 Å². The van der Waals surface area contributed by atoms with Crippen LogP contribution in [-0.2, 0) is 16.0 Å². The number of aromatic nitrogens is 2. The SMILES string of the molecule is O=C(OCCn1cccn1)c1cc([N+](=O)[O-])ccc1N1CCOCC1. The van der Waals surface area contributed by atoms with Gasteiger partial charge in [0.15, 0.2) is 0 Å². The van der Waals surface area contributed by atoms with Crippen molar-refractivity contribution in [1.29, 1.82) is 0 Å². The number of benzene rings is 1. The van der Waals surface area contributed by atoms with Gasteiger partial charge in [0.1, 0.15) is 6.61 Å². The Morgan fingerprint density at radius 1 is 1.36 bits per heavy atom. The Kier molecular flexibility index (Phi) is 5.24. The van der Waals surface area contributed by atoms with Gasteiger partial charge in [-0.05, 0) is 12.1 Å². The van der Waals surface area contributed by atoms with E-state index in [0.29, 0.717) is 38.5 Å². The maximum absolute atomic E-state index is 12.5. The van der Waals surface area contributed by atoms with E-state index >= 15 is 0 Å². The molecule has 1 fully saturated rings. The number of ether oxygens (including phenoxy) is 2. The van der Waals surface area contributed by atoms with E-state index in [4.69, 9.17) is 9.47 Å². The van der Waals surface area contributed by atoms with Crippen molar-refractivity contribution in [2.45, 2.75) is 6.54 Å². The van der Waals surface area contributed by atoms with Crippen LogP contribution in [-0.4, -0.2) is 53.6 Å². The number of nitrogens with zero attached hydrogens (tertiary/aromatic N) is 4. The van der Waals surface area contributed by atoms with Crippen molar-refractivity contribution in [3.8, 4) is 0 Å².